The fraction of sp³-hybridized carbons (Fsp3) is 0.462. The lowest BCUT2D eigenvalue weighted by Gasteiger charge is -2.28. The Hall–Kier alpha value is -0.960. The SMILES string of the molecule is CN1C(=O)CSc2ccc(C(C)(C)C)cc21. The summed E-state index contributed by atoms with van der Waals surface area (Å²) in [5.41, 5.74) is 2.45. The topological polar surface area (TPSA) is 20.3 Å². The predicted molar refractivity (Wildman–Crippen MR) is 69.3 cm³/mol. The molecule has 3 heteroatoms. The van der Waals surface area contributed by atoms with Crippen LogP contribution in [0.3, 0.4) is 0 Å². The van der Waals surface area contributed by atoms with Gasteiger partial charge in [0.15, 0.2) is 0 Å². The first-order valence-electron chi connectivity index (χ1n) is 5.43. The van der Waals surface area contributed by atoms with Crippen molar-refractivity contribution in [1.29, 1.82) is 0 Å². The highest BCUT2D eigenvalue weighted by Crippen LogP contribution is 2.37. The molecule has 0 atom stereocenters. The van der Waals surface area contributed by atoms with E-state index in [-0.39, 0.29) is 11.3 Å². The van der Waals surface area contributed by atoms with Crippen molar-refractivity contribution < 1.29 is 4.79 Å². The Bertz CT molecular complexity index is 434. The number of thioether (sulfide) groups is 1. The van der Waals surface area contributed by atoms with Gasteiger partial charge in [-0.1, -0.05) is 26.8 Å². The second-order valence-corrected chi connectivity index (χ2v) is 6.19. The summed E-state index contributed by atoms with van der Waals surface area (Å²) in [6.45, 7) is 6.56. The molecule has 0 aromatic heterocycles. The second-order valence-electron chi connectivity index (χ2n) is 5.17. The minimum absolute atomic E-state index is 0.126. The Kier molecular flexibility index (Phi) is 2.74. The van der Waals surface area contributed by atoms with Gasteiger partial charge in [-0.2, -0.15) is 0 Å². The van der Waals surface area contributed by atoms with Gasteiger partial charge in [0.05, 0.1) is 11.4 Å². The van der Waals surface area contributed by atoms with Crippen LogP contribution >= 0.6 is 11.8 Å². The molecule has 2 nitrogen and oxygen atoms in total. The number of rotatable bonds is 0. The molecule has 1 heterocycles. The fourth-order valence-corrected chi connectivity index (χ4v) is 2.72. The van der Waals surface area contributed by atoms with Crippen LogP contribution in [-0.4, -0.2) is 18.7 Å². The fourth-order valence-electron chi connectivity index (χ4n) is 1.74. The molecule has 0 aliphatic carbocycles. The van der Waals surface area contributed by atoms with Crippen LogP contribution in [0.1, 0.15) is 26.3 Å². The summed E-state index contributed by atoms with van der Waals surface area (Å²) in [5, 5.41) is 0. The lowest BCUT2D eigenvalue weighted by atomic mass is 9.87. The zero-order valence-corrected chi connectivity index (χ0v) is 11.0. The van der Waals surface area contributed by atoms with Gasteiger partial charge in [-0.3, -0.25) is 4.79 Å². The van der Waals surface area contributed by atoms with Crippen molar-refractivity contribution in [2.45, 2.75) is 31.1 Å². The number of carbonyl (C=O) groups is 1. The average molecular weight is 235 g/mol. The van der Waals surface area contributed by atoms with Gasteiger partial charge >= 0.3 is 0 Å². The van der Waals surface area contributed by atoms with Crippen LogP contribution in [0.25, 0.3) is 0 Å². The van der Waals surface area contributed by atoms with E-state index in [4.69, 9.17) is 0 Å². The molecule has 0 unspecified atom stereocenters. The van der Waals surface area contributed by atoms with Gasteiger partial charge in [-0.05, 0) is 23.1 Å². The molecule has 0 radical (unpaired) electrons. The maximum Gasteiger partial charge on any atom is 0.237 e. The number of hydrogen-bond acceptors (Lipinski definition) is 2. The highest BCUT2D eigenvalue weighted by molar-refractivity contribution is 8.00. The average Bonchev–Trinajstić information content (AvgIpc) is 2.22. The van der Waals surface area contributed by atoms with Crippen molar-refractivity contribution >= 4 is 23.4 Å². The summed E-state index contributed by atoms with van der Waals surface area (Å²) < 4.78 is 0. The third-order valence-corrected chi connectivity index (χ3v) is 3.96. The molecule has 1 aromatic rings. The number of benzene rings is 1. The summed E-state index contributed by atoms with van der Waals surface area (Å²) in [4.78, 5) is 14.6. The number of amides is 1. The Labute approximate surface area is 101 Å². The normalized spacial score (nSPS) is 16.2. The first-order valence-corrected chi connectivity index (χ1v) is 6.42. The van der Waals surface area contributed by atoms with Crippen LogP contribution in [0.15, 0.2) is 23.1 Å². The van der Waals surface area contributed by atoms with E-state index < -0.39 is 0 Å². The van der Waals surface area contributed by atoms with E-state index in [0.717, 1.165) is 5.69 Å². The molecule has 0 fully saturated rings. The molecule has 2 rings (SSSR count). The van der Waals surface area contributed by atoms with Crippen LogP contribution in [0.4, 0.5) is 5.69 Å². The predicted octanol–water partition coefficient (Wildman–Crippen LogP) is 3.05. The Morgan fingerprint density at radius 3 is 2.62 bits per heavy atom. The molecule has 0 saturated heterocycles. The van der Waals surface area contributed by atoms with Crippen molar-refractivity contribution in [3.05, 3.63) is 23.8 Å². The third kappa shape index (κ3) is 1.96. The maximum atomic E-state index is 11.6. The summed E-state index contributed by atoms with van der Waals surface area (Å²) in [6, 6.07) is 6.43. The zero-order chi connectivity index (χ0) is 11.9. The second kappa shape index (κ2) is 3.81. The number of anilines is 1. The number of carbonyl (C=O) groups excluding carboxylic acids is 1. The summed E-state index contributed by atoms with van der Waals surface area (Å²) in [7, 11) is 1.85. The zero-order valence-electron chi connectivity index (χ0n) is 10.2. The van der Waals surface area contributed by atoms with Gasteiger partial charge in [0, 0.05) is 11.9 Å². The summed E-state index contributed by atoms with van der Waals surface area (Å²) in [5.74, 6) is 0.738. The first-order chi connectivity index (χ1) is 7.39. The molecule has 1 amide bonds. The van der Waals surface area contributed by atoms with Crippen molar-refractivity contribution in [3.63, 3.8) is 0 Å². The number of hydrogen-bond donors (Lipinski definition) is 0. The molecule has 86 valence electrons. The van der Waals surface area contributed by atoms with E-state index in [2.05, 4.69) is 39.0 Å². The van der Waals surface area contributed by atoms with Gasteiger partial charge < -0.3 is 4.90 Å². The van der Waals surface area contributed by atoms with Crippen LogP contribution < -0.4 is 4.90 Å². The third-order valence-electron chi connectivity index (χ3n) is 2.91. The van der Waals surface area contributed by atoms with Crippen molar-refractivity contribution in [1.82, 2.24) is 0 Å². The van der Waals surface area contributed by atoms with E-state index in [9.17, 15) is 4.79 Å². The molecule has 0 bridgehead atoms. The Morgan fingerprint density at radius 1 is 1.31 bits per heavy atom. The van der Waals surface area contributed by atoms with E-state index in [0.29, 0.717) is 5.75 Å². The highest BCUT2D eigenvalue weighted by Gasteiger charge is 2.23. The summed E-state index contributed by atoms with van der Waals surface area (Å²) in [6.07, 6.45) is 0. The largest absolute Gasteiger partial charge is 0.314 e. The molecular weight excluding hydrogens is 218 g/mol. The standard InChI is InChI=1S/C13H17NOS/c1-13(2,3)9-5-6-11-10(7-9)14(4)12(15)8-16-11/h5-7H,8H2,1-4H3. The molecular formula is C13H17NOS. The van der Waals surface area contributed by atoms with Crippen LogP contribution in [0.5, 0.6) is 0 Å². The molecule has 0 N–H and O–H groups in total. The van der Waals surface area contributed by atoms with E-state index in [1.165, 1.54) is 10.5 Å². The molecule has 0 saturated carbocycles. The van der Waals surface area contributed by atoms with Crippen LogP contribution in [0, 0.1) is 0 Å². The minimum atomic E-state index is 0.126. The van der Waals surface area contributed by atoms with Gasteiger partial charge in [0.2, 0.25) is 5.91 Å². The van der Waals surface area contributed by atoms with E-state index >= 15 is 0 Å². The number of nitrogens with zero attached hydrogens (tertiary/aromatic N) is 1. The Morgan fingerprint density at radius 2 is 2.00 bits per heavy atom. The van der Waals surface area contributed by atoms with Crippen LogP contribution in [-0.2, 0) is 10.2 Å². The highest BCUT2D eigenvalue weighted by atomic mass is 32.2. The molecule has 1 aliphatic heterocycles. The molecule has 16 heavy (non-hydrogen) atoms. The maximum absolute atomic E-state index is 11.6. The molecule has 1 aromatic carbocycles. The van der Waals surface area contributed by atoms with Crippen molar-refractivity contribution in [2.24, 2.45) is 0 Å². The van der Waals surface area contributed by atoms with Gasteiger partial charge in [0.1, 0.15) is 0 Å². The van der Waals surface area contributed by atoms with Gasteiger partial charge in [0.25, 0.3) is 0 Å². The number of fused-ring (bicyclic) bond motifs is 1. The van der Waals surface area contributed by atoms with Gasteiger partial charge in [-0.15, -0.1) is 11.8 Å². The molecule has 1 aliphatic rings. The summed E-state index contributed by atoms with van der Waals surface area (Å²) >= 11 is 1.63. The Balaban J connectivity index is 2.48. The van der Waals surface area contributed by atoms with Crippen LogP contribution in [0.2, 0.25) is 0 Å². The minimum Gasteiger partial charge on any atom is -0.314 e. The monoisotopic (exact) mass is 235 g/mol. The quantitative estimate of drug-likeness (QED) is 0.689. The van der Waals surface area contributed by atoms with Gasteiger partial charge in [-0.25, -0.2) is 0 Å². The first kappa shape index (κ1) is 11.5. The lowest BCUT2D eigenvalue weighted by Crippen LogP contribution is -2.31. The van der Waals surface area contributed by atoms with E-state index in [1.54, 1.807) is 16.7 Å². The van der Waals surface area contributed by atoms with E-state index in [1.807, 2.05) is 7.05 Å². The smallest absolute Gasteiger partial charge is 0.237 e. The van der Waals surface area contributed by atoms with Crippen molar-refractivity contribution in [3.8, 4) is 0 Å². The molecule has 0 spiro atoms. The van der Waals surface area contributed by atoms with Crippen molar-refractivity contribution in [2.75, 3.05) is 17.7 Å². The lowest BCUT2D eigenvalue weighted by molar-refractivity contribution is -0.116.